The molecule has 2 N–H and O–H groups in total. The van der Waals surface area contributed by atoms with Gasteiger partial charge in [-0.1, -0.05) is 13.8 Å². The van der Waals surface area contributed by atoms with Crippen LogP contribution in [0.25, 0.3) is 0 Å². The van der Waals surface area contributed by atoms with E-state index in [1.807, 2.05) is 26.0 Å². The first-order valence-electron chi connectivity index (χ1n) is 7.48. The summed E-state index contributed by atoms with van der Waals surface area (Å²) < 4.78 is 0. The highest BCUT2D eigenvalue weighted by Crippen LogP contribution is 2.18. The maximum absolute atomic E-state index is 12.0. The normalized spacial score (nSPS) is 12.0. The molecule has 4 heteroatoms. The molecule has 0 fully saturated rings. The average Bonchev–Trinajstić information content (AvgIpc) is 2.47. The Bertz CT molecular complexity index is 399. The Morgan fingerprint density at radius 3 is 2.25 bits per heavy atom. The zero-order valence-corrected chi connectivity index (χ0v) is 13.1. The number of amides is 1. The molecule has 1 amide bonds. The quantitative estimate of drug-likeness (QED) is 0.768. The summed E-state index contributed by atoms with van der Waals surface area (Å²) in [6.07, 6.45) is 0. The highest BCUT2D eigenvalue weighted by Gasteiger charge is 2.12. The van der Waals surface area contributed by atoms with Crippen LogP contribution >= 0.6 is 0 Å². The van der Waals surface area contributed by atoms with Gasteiger partial charge in [0.2, 0.25) is 5.91 Å². The van der Waals surface area contributed by atoms with E-state index in [4.69, 9.17) is 0 Å². The van der Waals surface area contributed by atoms with Crippen LogP contribution in [0.2, 0.25) is 0 Å². The molecule has 1 rings (SSSR count). The molecule has 1 aromatic rings. The predicted molar refractivity (Wildman–Crippen MR) is 86.3 cm³/mol. The Labute approximate surface area is 122 Å². The van der Waals surface area contributed by atoms with Gasteiger partial charge in [-0.15, -0.1) is 0 Å². The summed E-state index contributed by atoms with van der Waals surface area (Å²) in [6, 6.07) is 8.03. The second-order valence-corrected chi connectivity index (χ2v) is 4.92. The molecule has 1 atom stereocenters. The third-order valence-corrected chi connectivity index (χ3v) is 3.41. The van der Waals surface area contributed by atoms with Crippen LogP contribution in [0.3, 0.4) is 0 Å². The minimum Gasteiger partial charge on any atom is -0.372 e. The Balaban J connectivity index is 2.58. The van der Waals surface area contributed by atoms with Crippen LogP contribution in [0.4, 0.5) is 11.4 Å². The van der Waals surface area contributed by atoms with Gasteiger partial charge in [-0.3, -0.25) is 4.79 Å². The number of anilines is 2. The van der Waals surface area contributed by atoms with Crippen molar-refractivity contribution in [1.29, 1.82) is 0 Å². The van der Waals surface area contributed by atoms with E-state index in [1.54, 1.807) is 0 Å². The van der Waals surface area contributed by atoms with Crippen LogP contribution in [0.15, 0.2) is 24.3 Å². The van der Waals surface area contributed by atoms with Crippen molar-refractivity contribution in [2.24, 2.45) is 5.92 Å². The van der Waals surface area contributed by atoms with Crippen molar-refractivity contribution in [2.75, 3.05) is 36.4 Å². The number of nitrogens with zero attached hydrogens (tertiary/aromatic N) is 1. The molecule has 112 valence electrons. The molecule has 0 heterocycles. The molecule has 0 bridgehead atoms. The Hall–Kier alpha value is -1.55. The van der Waals surface area contributed by atoms with Gasteiger partial charge in [0.1, 0.15) is 0 Å². The number of rotatable bonds is 8. The fraction of sp³-hybridized carbons (Fsp3) is 0.562. The highest BCUT2D eigenvalue weighted by atomic mass is 16.1. The molecule has 0 saturated heterocycles. The van der Waals surface area contributed by atoms with Gasteiger partial charge in [0.05, 0.1) is 0 Å². The summed E-state index contributed by atoms with van der Waals surface area (Å²) in [5.41, 5.74) is 2.04. The topological polar surface area (TPSA) is 44.4 Å². The van der Waals surface area contributed by atoms with Crippen LogP contribution in [0.5, 0.6) is 0 Å². The number of hydrogen-bond acceptors (Lipinski definition) is 3. The van der Waals surface area contributed by atoms with E-state index in [9.17, 15) is 4.79 Å². The van der Waals surface area contributed by atoms with Crippen LogP contribution in [0, 0.1) is 5.92 Å². The molecule has 1 unspecified atom stereocenters. The molecular formula is C16H27N3O. The maximum Gasteiger partial charge on any atom is 0.228 e. The number of benzene rings is 1. The molecule has 0 aliphatic heterocycles. The Morgan fingerprint density at radius 2 is 1.75 bits per heavy atom. The first-order chi connectivity index (χ1) is 9.62. The Morgan fingerprint density at radius 1 is 1.15 bits per heavy atom. The lowest BCUT2D eigenvalue weighted by molar-refractivity contribution is -0.119. The fourth-order valence-electron chi connectivity index (χ4n) is 2.06. The Kier molecular flexibility index (Phi) is 7.09. The summed E-state index contributed by atoms with van der Waals surface area (Å²) in [4.78, 5) is 14.3. The van der Waals surface area contributed by atoms with E-state index in [0.29, 0.717) is 6.54 Å². The lowest BCUT2D eigenvalue weighted by Gasteiger charge is -2.21. The van der Waals surface area contributed by atoms with Gasteiger partial charge < -0.3 is 15.5 Å². The van der Waals surface area contributed by atoms with Crippen LogP contribution in [-0.2, 0) is 4.79 Å². The summed E-state index contributed by atoms with van der Waals surface area (Å²) in [6.45, 7) is 11.8. The average molecular weight is 277 g/mol. The summed E-state index contributed by atoms with van der Waals surface area (Å²) in [7, 11) is 0. The molecule has 1 aromatic carbocycles. The molecule has 0 aromatic heterocycles. The van der Waals surface area contributed by atoms with Crippen molar-refractivity contribution in [3.8, 4) is 0 Å². The molecular weight excluding hydrogens is 250 g/mol. The highest BCUT2D eigenvalue weighted by molar-refractivity contribution is 5.92. The minimum atomic E-state index is -0.0302. The second kappa shape index (κ2) is 8.59. The van der Waals surface area contributed by atoms with Gasteiger partial charge >= 0.3 is 0 Å². The zero-order chi connectivity index (χ0) is 15.0. The molecule has 0 radical (unpaired) electrons. The molecule has 0 aliphatic carbocycles. The number of nitrogens with one attached hydrogen (secondary N) is 2. The third-order valence-electron chi connectivity index (χ3n) is 3.41. The SMILES string of the molecule is CCNCC(C)C(=O)Nc1ccc(N(CC)CC)cc1. The molecule has 4 nitrogen and oxygen atoms in total. The predicted octanol–water partition coefficient (Wildman–Crippen LogP) is 2.72. The third kappa shape index (κ3) is 4.85. The van der Waals surface area contributed by atoms with Crippen LogP contribution < -0.4 is 15.5 Å². The first-order valence-corrected chi connectivity index (χ1v) is 7.48. The lowest BCUT2D eigenvalue weighted by Crippen LogP contribution is -2.30. The van der Waals surface area contributed by atoms with Gasteiger partial charge in [0.15, 0.2) is 0 Å². The second-order valence-electron chi connectivity index (χ2n) is 4.92. The standard InChI is InChI=1S/C16H27N3O/c1-5-17-12-13(4)16(20)18-14-8-10-15(11-9-14)19(6-2)7-3/h8-11,13,17H,5-7,12H2,1-4H3,(H,18,20). The van der Waals surface area contributed by atoms with Gasteiger partial charge in [0, 0.05) is 36.9 Å². The van der Waals surface area contributed by atoms with Gasteiger partial charge in [0.25, 0.3) is 0 Å². The molecule has 0 saturated carbocycles. The van der Waals surface area contributed by atoms with Crippen molar-refractivity contribution in [3.05, 3.63) is 24.3 Å². The number of carbonyl (C=O) groups excluding carboxylic acids is 1. The summed E-state index contributed by atoms with van der Waals surface area (Å²) >= 11 is 0. The van der Waals surface area contributed by atoms with Crippen molar-refractivity contribution in [2.45, 2.75) is 27.7 Å². The monoisotopic (exact) mass is 277 g/mol. The van der Waals surface area contributed by atoms with E-state index in [1.165, 1.54) is 5.69 Å². The fourth-order valence-corrected chi connectivity index (χ4v) is 2.06. The lowest BCUT2D eigenvalue weighted by atomic mass is 10.1. The number of hydrogen-bond donors (Lipinski definition) is 2. The smallest absolute Gasteiger partial charge is 0.228 e. The molecule has 20 heavy (non-hydrogen) atoms. The number of carbonyl (C=O) groups is 1. The van der Waals surface area contributed by atoms with Crippen molar-refractivity contribution >= 4 is 17.3 Å². The van der Waals surface area contributed by atoms with Gasteiger partial charge in [-0.25, -0.2) is 0 Å². The maximum atomic E-state index is 12.0. The van der Waals surface area contributed by atoms with Crippen molar-refractivity contribution < 1.29 is 4.79 Å². The van der Waals surface area contributed by atoms with E-state index in [2.05, 4.69) is 41.5 Å². The largest absolute Gasteiger partial charge is 0.372 e. The molecule has 0 spiro atoms. The van der Waals surface area contributed by atoms with E-state index >= 15 is 0 Å². The van der Waals surface area contributed by atoms with E-state index in [-0.39, 0.29) is 11.8 Å². The minimum absolute atomic E-state index is 0.0302. The van der Waals surface area contributed by atoms with Crippen LogP contribution in [0.1, 0.15) is 27.7 Å². The summed E-state index contributed by atoms with van der Waals surface area (Å²) in [5.74, 6) is 0.0268. The summed E-state index contributed by atoms with van der Waals surface area (Å²) in [5, 5.41) is 6.14. The van der Waals surface area contributed by atoms with E-state index in [0.717, 1.165) is 25.3 Å². The van der Waals surface area contributed by atoms with Crippen LogP contribution in [-0.4, -0.2) is 32.1 Å². The van der Waals surface area contributed by atoms with Crippen molar-refractivity contribution in [3.63, 3.8) is 0 Å². The van der Waals surface area contributed by atoms with Gasteiger partial charge in [-0.05, 0) is 44.7 Å². The zero-order valence-electron chi connectivity index (χ0n) is 13.1. The first kappa shape index (κ1) is 16.5. The van der Waals surface area contributed by atoms with E-state index < -0.39 is 0 Å². The van der Waals surface area contributed by atoms with Crippen molar-refractivity contribution in [1.82, 2.24) is 5.32 Å². The molecule has 0 aliphatic rings. The van der Waals surface area contributed by atoms with Gasteiger partial charge in [-0.2, -0.15) is 0 Å².